The zero-order valence-corrected chi connectivity index (χ0v) is 10.3. The summed E-state index contributed by atoms with van der Waals surface area (Å²) >= 11 is 5.72. The highest BCUT2D eigenvalue weighted by Gasteiger charge is 2.14. The molecule has 0 saturated carbocycles. The minimum Gasteiger partial charge on any atom is -0.308 e. The molecule has 0 fully saturated rings. The van der Waals surface area contributed by atoms with Gasteiger partial charge in [0.2, 0.25) is 0 Å². The molecule has 5 heteroatoms. The highest BCUT2D eigenvalue weighted by atomic mass is 35.5. The summed E-state index contributed by atoms with van der Waals surface area (Å²) in [5, 5.41) is 14.1. The number of hydrogen-bond acceptors (Lipinski definition) is 3. The maximum atomic E-state index is 10.7. The number of nitro groups is 1. The lowest BCUT2D eigenvalue weighted by atomic mass is 10.1. The fraction of sp³-hybridized carbons (Fsp3) is 0.455. The van der Waals surface area contributed by atoms with Crippen LogP contribution in [-0.2, 0) is 6.54 Å². The molecule has 0 saturated heterocycles. The molecule has 0 heterocycles. The summed E-state index contributed by atoms with van der Waals surface area (Å²) in [6.07, 6.45) is 0. The van der Waals surface area contributed by atoms with Crippen LogP contribution < -0.4 is 5.32 Å². The quantitative estimate of drug-likeness (QED) is 0.654. The third kappa shape index (κ3) is 3.79. The molecule has 0 bridgehead atoms. The molecule has 0 atom stereocenters. The Balaban J connectivity index is 2.83. The minimum atomic E-state index is -0.469. The van der Waals surface area contributed by atoms with Gasteiger partial charge in [0.25, 0.3) is 5.69 Å². The van der Waals surface area contributed by atoms with Crippen LogP contribution in [0.3, 0.4) is 0 Å². The SMILES string of the molecule is CC(C)(C)NCc1ccc(Cl)c([N+](=O)[O-])c1. The number of benzene rings is 1. The van der Waals surface area contributed by atoms with Gasteiger partial charge in [0, 0.05) is 18.2 Å². The number of nitrogens with one attached hydrogen (secondary N) is 1. The molecule has 0 aliphatic carbocycles. The second-order valence-corrected chi connectivity index (χ2v) is 5.05. The topological polar surface area (TPSA) is 55.2 Å². The van der Waals surface area contributed by atoms with Crippen molar-refractivity contribution in [2.45, 2.75) is 32.9 Å². The first kappa shape index (κ1) is 12.9. The van der Waals surface area contributed by atoms with E-state index in [-0.39, 0.29) is 16.2 Å². The van der Waals surface area contributed by atoms with Crippen molar-refractivity contribution < 1.29 is 4.92 Å². The molecule has 0 unspecified atom stereocenters. The molecular formula is C11H15ClN2O2. The first-order chi connectivity index (χ1) is 7.29. The van der Waals surface area contributed by atoms with Crippen molar-refractivity contribution in [1.82, 2.24) is 5.32 Å². The average molecular weight is 243 g/mol. The van der Waals surface area contributed by atoms with Crippen LogP contribution in [0.2, 0.25) is 5.02 Å². The molecule has 1 rings (SSSR count). The van der Waals surface area contributed by atoms with Crippen LogP contribution in [0.5, 0.6) is 0 Å². The van der Waals surface area contributed by atoms with Crippen LogP contribution in [0.4, 0.5) is 5.69 Å². The molecule has 4 nitrogen and oxygen atoms in total. The van der Waals surface area contributed by atoms with Gasteiger partial charge < -0.3 is 5.32 Å². The van der Waals surface area contributed by atoms with Crippen molar-refractivity contribution in [2.24, 2.45) is 0 Å². The van der Waals surface area contributed by atoms with Gasteiger partial charge in [0.05, 0.1) is 4.92 Å². The van der Waals surface area contributed by atoms with Crippen LogP contribution in [0.25, 0.3) is 0 Å². The summed E-state index contributed by atoms with van der Waals surface area (Å²) in [5.41, 5.74) is 0.787. The zero-order valence-electron chi connectivity index (χ0n) is 9.58. The van der Waals surface area contributed by atoms with Crippen molar-refractivity contribution >= 4 is 17.3 Å². The Labute approximate surface area is 99.8 Å². The van der Waals surface area contributed by atoms with Crippen LogP contribution in [0, 0.1) is 10.1 Å². The smallest absolute Gasteiger partial charge is 0.288 e. The van der Waals surface area contributed by atoms with E-state index < -0.39 is 4.92 Å². The largest absolute Gasteiger partial charge is 0.308 e. The molecule has 0 aromatic heterocycles. The van der Waals surface area contributed by atoms with E-state index in [2.05, 4.69) is 5.32 Å². The molecule has 1 aromatic carbocycles. The summed E-state index contributed by atoms with van der Waals surface area (Å²) in [6.45, 7) is 6.70. The molecule has 1 N–H and O–H groups in total. The molecule has 88 valence electrons. The first-order valence-corrected chi connectivity index (χ1v) is 5.35. The molecule has 16 heavy (non-hydrogen) atoms. The van der Waals surface area contributed by atoms with Crippen LogP contribution in [0.15, 0.2) is 18.2 Å². The van der Waals surface area contributed by atoms with Crippen LogP contribution >= 0.6 is 11.6 Å². The highest BCUT2D eigenvalue weighted by molar-refractivity contribution is 6.32. The average Bonchev–Trinajstić information content (AvgIpc) is 2.14. The van der Waals surface area contributed by atoms with Crippen molar-refractivity contribution in [1.29, 1.82) is 0 Å². The maximum absolute atomic E-state index is 10.7. The summed E-state index contributed by atoms with van der Waals surface area (Å²) < 4.78 is 0. The van der Waals surface area contributed by atoms with Gasteiger partial charge in [0.1, 0.15) is 5.02 Å². The predicted octanol–water partition coefficient (Wildman–Crippen LogP) is 3.14. The number of nitrogens with zero attached hydrogens (tertiary/aromatic N) is 1. The minimum absolute atomic E-state index is 0.0194. The zero-order chi connectivity index (χ0) is 12.3. The van der Waals surface area contributed by atoms with E-state index in [1.807, 2.05) is 20.8 Å². The fourth-order valence-corrected chi connectivity index (χ4v) is 1.36. The molecule has 1 aromatic rings. The normalized spacial score (nSPS) is 11.5. The van der Waals surface area contributed by atoms with Crippen LogP contribution in [-0.4, -0.2) is 10.5 Å². The molecule has 0 amide bonds. The van der Waals surface area contributed by atoms with Crippen molar-refractivity contribution in [3.63, 3.8) is 0 Å². The number of halogens is 1. The molecule has 0 radical (unpaired) electrons. The predicted molar refractivity (Wildman–Crippen MR) is 64.7 cm³/mol. The summed E-state index contributed by atoms with van der Waals surface area (Å²) in [7, 11) is 0. The lowest BCUT2D eigenvalue weighted by molar-refractivity contribution is -0.384. The number of nitro benzene ring substituents is 1. The van der Waals surface area contributed by atoms with Gasteiger partial charge in [-0.1, -0.05) is 17.7 Å². The van der Waals surface area contributed by atoms with Gasteiger partial charge in [-0.25, -0.2) is 0 Å². The monoisotopic (exact) mass is 242 g/mol. The third-order valence-electron chi connectivity index (χ3n) is 2.03. The molecule has 0 aliphatic rings. The second kappa shape index (κ2) is 4.80. The van der Waals surface area contributed by atoms with Crippen LogP contribution in [0.1, 0.15) is 26.3 Å². The summed E-state index contributed by atoms with van der Waals surface area (Å²) in [6, 6.07) is 4.84. The lowest BCUT2D eigenvalue weighted by Crippen LogP contribution is -2.35. The number of rotatable bonds is 3. The molecular weight excluding hydrogens is 228 g/mol. The van der Waals surface area contributed by atoms with Gasteiger partial charge in [0.15, 0.2) is 0 Å². The second-order valence-electron chi connectivity index (χ2n) is 4.65. The van der Waals surface area contributed by atoms with E-state index in [0.29, 0.717) is 6.54 Å². The van der Waals surface area contributed by atoms with Crippen molar-refractivity contribution in [2.75, 3.05) is 0 Å². The molecule has 0 aliphatic heterocycles. The Bertz CT molecular complexity index is 399. The summed E-state index contributed by atoms with van der Waals surface area (Å²) in [4.78, 5) is 10.2. The van der Waals surface area contributed by atoms with Gasteiger partial charge in [-0.3, -0.25) is 10.1 Å². The van der Waals surface area contributed by atoms with Gasteiger partial charge in [-0.15, -0.1) is 0 Å². The van der Waals surface area contributed by atoms with E-state index >= 15 is 0 Å². The van der Waals surface area contributed by atoms with E-state index in [1.54, 1.807) is 12.1 Å². The highest BCUT2D eigenvalue weighted by Crippen LogP contribution is 2.25. The van der Waals surface area contributed by atoms with E-state index in [9.17, 15) is 10.1 Å². The molecule has 0 spiro atoms. The van der Waals surface area contributed by atoms with E-state index in [4.69, 9.17) is 11.6 Å². The van der Waals surface area contributed by atoms with Gasteiger partial charge >= 0.3 is 0 Å². The van der Waals surface area contributed by atoms with Gasteiger partial charge in [-0.05, 0) is 32.4 Å². The Morgan fingerprint density at radius 2 is 2.06 bits per heavy atom. The first-order valence-electron chi connectivity index (χ1n) is 4.97. The lowest BCUT2D eigenvalue weighted by Gasteiger charge is -2.20. The Morgan fingerprint density at radius 1 is 1.44 bits per heavy atom. The fourth-order valence-electron chi connectivity index (χ4n) is 1.18. The Kier molecular flexibility index (Phi) is 3.88. The van der Waals surface area contributed by atoms with Crippen molar-refractivity contribution in [3.05, 3.63) is 38.9 Å². The maximum Gasteiger partial charge on any atom is 0.288 e. The third-order valence-corrected chi connectivity index (χ3v) is 2.35. The van der Waals surface area contributed by atoms with Crippen molar-refractivity contribution in [3.8, 4) is 0 Å². The number of hydrogen-bond donors (Lipinski definition) is 1. The van der Waals surface area contributed by atoms with Gasteiger partial charge in [-0.2, -0.15) is 0 Å². The summed E-state index contributed by atoms with van der Waals surface area (Å²) in [5.74, 6) is 0. The Morgan fingerprint density at radius 3 is 2.56 bits per heavy atom. The van der Waals surface area contributed by atoms with E-state index in [1.165, 1.54) is 6.07 Å². The Hall–Kier alpha value is -1.13. The van der Waals surface area contributed by atoms with E-state index in [0.717, 1.165) is 5.56 Å². The standard InChI is InChI=1S/C11H15ClN2O2/c1-11(2,3)13-7-8-4-5-9(12)10(6-8)14(15)16/h4-6,13H,7H2,1-3H3.